The summed E-state index contributed by atoms with van der Waals surface area (Å²) in [6.45, 7) is 8.01. The molecular formula is C17H23BrN6O. The minimum Gasteiger partial charge on any atom is -0.339 e. The lowest BCUT2D eigenvalue weighted by Crippen LogP contribution is -2.53. The molecule has 7 nitrogen and oxygen atoms in total. The molecule has 0 spiro atoms. The van der Waals surface area contributed by atoms with Crippen molar-refractivity contribution in [2.45, 2.75) is 33.4 Å². The van der Waals surface area contributed by atoms with Crippen molar-refractivity contribution < 1.29 is 4.79 Å². The van der Waals surface area contributed by atoms with Crippen LogP contribution in [0.2, 0.25) is 0 Å². The topological polar surface area (TPSA) is 83.0 Å². The summed E-state index contributed by atoms with van der Waals surface area (Å²) in [5.74, 6) is 0.666. The zero-order chi connectivity index (χ0) is 18.0. The van der Waals surface area contributed by atoms with E-state index in [0.717, 1.165) is 29.4 Å². The number of hydrogen-bond donors (Lipinski definition) is 2. The maximum atomic E-state index is 12.3. The number of hydrogen-bond acceptors (Lipinski definition) is 6. The summed E-state index contributed by atoms with van der Waals surface area (Å²) < 4.78 is 0.903. The number of halogens is 1. The third kappa shape index (κ3) is 4.43. The molecule has 8 heteroatoms. The van der Waals surface area contributed by atoms with E-state index in [9.17, 15) is 4.79 Å². The first-order valence-electron chi connectivity index (χ1n) is 8.40. The summed E-state index contributed by atoms with van der Waals surface area (Å²) in [6, 6.07) is 1.95. The van der Waals surface area contributed by atoms with Gasteiger partial charge in [0.25, 0.3) is 0 Å². The Kier molecular flexibility index (Phi) is 5.19. The minimum atomic E-state index is -0.421. The minimum absolute atomic E-state index is 0.0257. The first-order valence-corrected chi connectivity index (χ1v) is 9.20. The van der Waals surface area contributed by atoms with Crippen LogP contribution in [0.15, 0.2) is 22.9 Å². The van der Waals surface area contributed by atoms with E-state index in [4.69, 9.17) is 0 Å². The molecule has 0 radical (unpaired) electrons. The average Bonchev–Trinajstić information content (AvgIpc) is 2.79. The van der Waals surface area contributed by atoms with Gasteiger partial charge in [0.1, 0.15) is 0 Å². The van der Waals surface area contributed by atoms with E-state index in [0.29, 0.717) is 18.1 Å². The Morgan fingerprint density at radius 1 is 1.36 bits per heavy atom. The number of pyridine rings is 1. The van der Waals surface area contributed by atoms with E-state index in [1.807, 2.05) is 26.8 Å². The molecule has 3 rings (SSSR count). The fourth-order valence-electron chi connectivity index (χ4n) is 2.61. The molecule has 0 saturated carbocycles. The second kappa shape index (κ2) is 7.21. The predicted molar refractivity (Wildman–Crippen MR) is 101 cm³/mol. The van der Waals surface area contributed by atoms with Gasteiger partial charge in [0, 0.05) is 34.2 Å². The van der Waals surface area contributed by atoms with Gasteiger partial charge in [-0.25, -0.2) is 9.97 Å². The fourth-order valence-corrected chi connectivity index (χ4v) is 2.96. The van der Waals surface area contributed by atoms with Crippen LogP contribution in [0.4, 0.5) is 5.95 Å². The standard InChI is InChI=1S/C17H23BrN6O/c1-17(2,3)15(25)22-13-10-24(6-4-5-19-13)16-21-8-11-7-12(18)9-20-14(11)23-16/h7-9,13,19H,4-6,10H2,1-3H3,(H,22,25). The molecule has 1 aliphatic heterocycles. The van der Waals surface area contributed by atoms with Crippen molar-refractivity contribution in [2.75, 3.05) is 24.5 Å². The number of anilines is 1. The number of amides is 1. The van der Waals surface area contributed by atoms with Gasteiger partial charge in [-0.2, -0.15) is 4.98 Å². The van der Waals surface area contributed by atoms with Crippen LogP contribution in [-0.4, -0.2) is 46.7 Å². The summed E-state index contributed by atoms with van der Waals surface area (Å²) in [5, 5.41) is 7.34. The van der Waals surface area contributed by atoms with Crippen LogP contribution < -0.4 is 15.5 Å². The normalized spacial score (nSPS) is 18.9. The number of aromatic nitrogens is 3. The van der Waals surface area contributed by atoms with Crippen LogP contribution in [0.5, 0.6) is 0 Å². The lowest BCUT2D eigenvalue weighted by Gasteiger charge is -2.27. The van der Waals surface area contributed by atoms with Crippen LogP contribution in [0.3, 0.4) is 0 Å². The second-order valence-corrected chi connectivity index (χ2v) is 8.18. The summed E-state index contributed by atoms with van der Waals surface area (Å²) in [7, 11) is 0. The highest BCUT2D eigenvalue weighted by Gasteiger charge is 2.26. The molecule has 3 heterocycles. The Morgan fingerprint density at radius 2 is 2.16 bits per heavy atom. The third-order valence-corrected chi connectivity index (χ3v) is 4.49. The van der Waals surface area contributed by atoms with E-state index < -0.39 is 5.41 Å². The Bertz CT molecular complexity index is 775. The lowest BCUT2D eigenvalue weighted by molar-refractivity contribution is -0.129. The van der Waals surface area contributed by atoms with Gasteiger partial charge in [0.15, 0.2) is 5.65 Å². The van der Waals surface area contributed by atoms with Crippen molar-refractivity contribution in [3.05, 3.63) is 22.9 Å². The highest BCUT2D eigenvalue weighted by atomic mass is 79.9. The van der Waals surface area contributed by atoms with E-state index >= 15 is 0 Å². The highest BCUT2D eigenvalue weighted by molar-refractivity contribution is 9.10. The summed E-state index contributed by atoms with van der Waals surface area (Å²) >= 11 is 3.41. The number of carbonyl (C=O) groups is 1. The monoisotopic (exact) mass is 406 g/mol. The first kappa shape index (κ1) is 18.0. The van der Waals surface area contributed by atoms with Gasteiger partial charge >= 0.3 is 0 Å². The Labute approximate surface area is 155 Å². The van der Waals surface area contributed by atoms with Crippen LogP contribution in [-0.2, 0) is 4.79 Å². The Hall–Kier alpha value is -1.80. The van der Waals surface area contributed by atoms with Gasteiger partial charge in [-0.1, -0.05) is 20.8 Å². The average molecular weight is 407 g/mol. The number of nitrogens with one attached hydrogen (secondary N) is 2. The third-order valence-electron chi connectivity index (χ3n) is 4.05. The largest absolute Gasteiger partial charge is 0.339 e. The van der Waals surface area contributed by atoms with Crippen LogP contribution >= 0.6 is 15.9 Å². The molecule has 0 aromatic carbocycles. The zero-order valence-electron chi connectivity index (χ0n) is 14.7. The van der Waals surface area contributed by atoms with Crippen molar-refractivity contribution in [3.8, 4) is 0 Å². The van der Waals surface area contributed by atoms with Gasteiger partial charge in [-0.05, 0) is 35.0 Å². The molecule has 2 N–H and O–H groups in total. The van der Waals surface area contributed by atoms with Gasteiger partial charge < -0.3 is 10.2 Å². The summed E-state index contributed by atoms with van der Waals surface area (Å²) in [5.41, 5.74) is 0.246. The molecule has 1 saturated heterocycles. The molecule has 1 amide bonds. The molecule has 1 unspecified atom stereocenters. The van der Waals surface area contributed by atoms with Gasteiger partial charge in [0.05, 0.1) is 12.7 Å². The number of nitrogens with zero attached hydrogens (tertiary/aromatic N) is 4. The fraction of sp³-hybridized carbons (Fsp3) is 0.529. The molecule has 25 heavy (non-hydrogen) atoms. The van der Waals surface area contributed by atoms with Gasteiger partial charge in [-0.15, -0.1) is 0 Å². The molecule has 1 fully saturated rings. The molecule has 2 aromatic heterocycles. The van der Waals surface area contributed by atoms with Gasteiger partial charge in [0.2, 0.25) is 11.9 Å². The van der Waals surface area contributed by atoms with Crippen molar-refractivity contribution in [3.63, 3.8) is 0 Å². The first-order chi connectivity index (χ1) is 11.8. The molecule has 0 aliphatic carbocycles. The summed E-state index contributed by atoms with van der Waals surface area (Å²) in [6.07, 6.45) is 4.34. The van der Waals surface area contributed by atoms with Crippen molar-refractivity contribution in [1.82, 2.24) is 25.6 Å². The van der Waals surface area contributed by atoms with Crippen LogP contribution in [0.25, 0.3) is 11.0 Å². The van der Waals surface area contributed by atoms with Gasteiger partial charge in [-0.3, -0.25) is 10.1 Å². The molecule has 1 atom stereocenters. The molecule has 0 bridgehead atoms. The van der Waals surface area contributed by atoms with E-state index in [-0.39, 0.29) is 12.1 Å². The van der Waals surface area contributed by atoms with E-state index in [2.05, 4.69) is 46.4 Å². The van der Waals surface area contributed by atoms with Crippen molar-refractivity contribution in [1.29, 1.82) is 0 Å². The molecule has 1 aliphatic rings. The summed E-state index contributed by atoms with van der Waals surface area (Å²) in [4.78, 5) is 27.8. The molecule has 134 valence electrons. The lowest BCUT2D eigenvalue weighted by atomic mass is 9.95. The maximum absolute atomic E-state index is 12.3. The van der Waals surface area contributed by atoms with Crippen molar-refractivity contribution >= 4 is 38.8 Å². The molecule has 2 aromatic rings. The predicted octanol–water partition coefficient (Wildman–Crippen LogP) is 2.08. The number of rotatable bonds is 2. The Balaban J connectivity index is 1.78. The van der Waals surface area contributed by atoms with E-state index in [1.165, 1.54) is 0 Å². The Morgan fingerprint density at radius 3 is 2.92 bits per heavy atom. The second-order valence-electron chi connectivity index (χ2n) is 7.27. The van der Waals surface area contributed by atoms with Crippen LogP contribution in [0.1, 0.15) is 27.2 Å². The number of carbonyl (C=O) groups excluding carboxylic acids is 1. The number of fused-ring (bicyclic) bond motifs is 1. The zero-order valence-corrected chi connectivity index (χ0v) is 16.3. The highest BCUT2D eigenvalue weighted by Crippen LogP contribution is 2.19. The SMILES string of the molecule is CC(C)(C)C(=O)NC1CN(c2ncc3cc(Br)cnc3n2)CCCN1. The quantitative estimate of drug-likeness (QED) is 0.793. The van der Waals surface area contributed by atoms with Crippen molar-refractivity contribution in [2.24, 2.45) is 5.41 Å². The smallest absolute Gasteiger partial charge is 0.227 e. The molecular weight excluding hydrogens is 384 g/mol. The maximum Gasteiger partial charge on any atom is 0.227 e. The van der Waals surface area contributed by atoms with E-state index in [1.54, 1.807) is 12.4 Å². The van der Waals surface area contributed by atoms with Crippen LogP contribution in [0, 0.1) is 5.41 Å².